The minimum absolute atomic E-state index is 0.258. The second-order valence-electron chi connectivity index (χ2n) is 7.15. The van der Waals surface area contributed by atoms with Crippen molar-refractivity contribution in [2.45, 2.75) is 33.1 Å². The Morgan fingerprint density at radius 1 is 0.964 bits per heavy atom. The van der Waals surface area contributed by atoms with E-state index in [0.29, 0.717) is 5.02 Å². The van der Waals surface area contributed by atoms with E-state index >= 15 is 0 Å². The zero-order valence-electron chi connectivity index (χ0n) is 16.0. The second kappa shape index (κ2) is 7.76. The number of nitrogens with zero attached hydrogens (tertiary/aromatic N) is 2. The van der Waals surface area contributed by atoms with Crippen molar-refractivity contribution in [1.82, 2.24) is 9.61 Å². The molecule has 4 heteroatoms. The molecule has 0 aliphatic heterocycles. The van der Waals surface area contributed by atoms with Crippen molar-refractivity contribution < 1.29 is 4.39 Å². The molecule has 0 saturated heterocycles. The Labute approximate surface area is 169 Å². The predicted molar refractivity (Wildman–Crippen MR) is 114 cm³/mol. The minimum Gasteiger partial charge on any atom is -0.232 e. The van der Waals surface area contributed by atoms with Gasteiger partial charge in [0.2, 0.25) is 0 Å². The molecule has 4 aromatic rings. The van der Waals surface area contributed by atoms with Gasteiger partial charge < -0.3 is 0 Å². The van der Waals surface area contributed by atoms with Gasteiger partial charge in [-0.2, -0.15) is 5.10 Å². The molecule has 0 radical (unpaired) electrons. The van der Waals surface area contributed by atoms with E-state index in [9.17, 15) is 4.39 Å². The maximum absolute atomic E-state index is 13.4. The van der Waals surface area contributed by atoms with E-state index in [1.807, 2.05) is 16.6 Å². The molecule has 0 saturated carbocycles. The van der Waals surface area contributed by atoms with Crippen molar-refractivity contribution in [2.75, 3.05) is 0 Å². The Kier molecular flexibility index (Phi) is 5.19. The van der Waals surface area contributed by atoms with Crippen molar-refractivity contribution in [3.63, 3.8) is 0 Å². The third-order valence-corrected chi connectivity index (χ3v) is 5.24. The fourth-order valence-corrected chi connectivity index (χ4v) is 3.75. The molecule has 2 nitrogen and oxygen atoms in total. The highest BCUT2D eigenvalue weighted by Gasteiger charge is 2.18. The Balaban J connectivity index is 1.98. The van der Waals surface area contributed by atoms with Gasteiger partial charge in [0.05, 0.1) is 16.9 Å². The molecule has 0 aliphatic carbocycles. The van der Waals surface area contributed by atoms with Gasteiger partial charge in [0.1, 0.15) is 5.82 Å². The molecule has 0 atom stereocenters. The molecule has 0 N–H and O–H groups in total. The Hall–Kier alpha value is -2.65. The molecule has 2 aromatic heterocycles. The van der Waals surface area contributed by atoms with E-state index in [1.54, 1.807) is 12.1 Å². The average Bonchev–Trinajstić information content (AvgIpc) is 3.05. The number of rotatable bonds is 5. The van der Waals surface area contributed by atoms with Gasteiger partial charge in [-0.1, -0.05) is 54.8 Å². The van der Waals surface area contributed by atoms with Gasteiger partial charge in [-0.25, -0.2) is 8.91 Å². The quantitative estimate of drug-likeness (QED) is 0.353. The van der Waals surface area contributed by atoms with Crippen LogP contribution in [-0.2, 0) is 6.42 Å². The SMILES string of the molecule is CCCCc1nn2c(-c3ccc(F)cc3)cc(Cl)cc2c1-c1ccc(C)cc1. The van der Waals surface area contributed by atoms with Crippen LogP contribution in [0.4, 0.5) is 4.39 Å². The predicted octanol–water partition coefficient (Wildman–Crippen LogP) is 7.11. The number of unbranched alkanes of at least 4 members (excludes halogenated alkanes) is 1. The van der Waals surface area contributed by atoms with E-state index < -0.39 is 0 Å². The van der Waals surface area contributed by atoms with Crippen LogP contribution in [0.1, 0.15) is 31.0 Å². The second-order valence-corrected chi connectivity index (χ2v) is 7.59. The molecule has 0 aliphatic rings. The van der Waals surface area contributed by atoms with Crippen LogP contribution < -0.4 is 0 Å². The Morgan fingerprint density at radius 3 is 2.32 bits per heavy atom. The zero-order valence-corrected chi connectivity index (χ0v) is 16.8. The van der Waals surface area contributed by atoms with Gasteiger partial charge in [0.15, 0.2) is 0 Å². The first-order chi connectivity index (χ1) is 13.6. The van der Waals surface area contributed by atoms with Crippen molar-refractivity contribution in [3.05, 3.63) is 82.8 Å². The number of hydrogen-bond acceptors (Lipinski definition) is 1. The summed E-state index contributed by atoms with van der Waals surface area (Å²) in [7, 11) is 0. The lowest BCUT2D eigenvalue weighted by atomic mass is 10.00. The molecule has 142 valence electrons. The summed E-state index contributed by atoms with van der Waals surface area (Å²) in [5.74, 6) is -0.258. The van der Waals surface area contributed by atoms with Crippen LogP contribution in [0.25, 0.3) is 27.9 Å². The lowest BCUT2D eigenvalue weighted by molar-refractivity contribution is 0.628. The lowest BCUT2D eigenvalue weighted by Crippen LogP contribution is -1.95. The summed E-state index contributed by atoms with van der Waals surface area (Å²) in [4.78, 5) is 0. The van der Waals surface area contributed by atoms with E-state index in [1.165, 1.54) is 17.7 Å². The van der Waals surface area contributed by atoms with Gasteiger partial charge >= 0.3 is 0 Å². The normalized spacial score (nSPS) is 11.3. The summed E-state index contributed by atoms with van der Waals surface area (Å²) in [5.41, 5.74) is 7.27. The summed E-state index contributed by atoms with van der Waals surface area (Å²) in [6.07, 6.45) is 3.08. The molecular formula is C24H22ClFN2. The average molecular weight is 393 g/mol. The summed E-state index contributed by atoms with van der Waals surface area (Å²) in [6.45, 7) is 4.27. The monoisotopic (exact) mass is 392 g/mol. The number of aromatic nitrogens is 2. The largest absolute Gasteiger partial charge is 0.232 e. The molecule has 28 heavy (non-hydrogen) atoms. The van der Waals surface area contributed by atoms with Gasteiger partial charge in [-0.05, 0) is 61.7 Å². The molecule has 0 fully saturated rings. The summed E-state index contributed by atoms with van der Waals surface area (Å²) >= 11 is 6.49. The smallest absolute Gasteiger partial charge is 0.123 e. The van der Waals surface area contributed by atoms with Crippen LogP contribution in [0.15, 0.2) is 60.7 Å². The molecule has 0 amide bonds. The number of hydrogen-bond donors (Lipinski definition) is 0. The van der Waals surface area contributed by atoms with E-state index in [4.69, 9.17) is 16.7 Å². The highest BCUT2D eigenvalue weighted by Crippen LogP contribution is 2.34. The molecular weight excluding hydrogens is 371 g/mol. The number of pyridine rings is 1. The fourth-order valence-electron chi connectivity index (χ4n) is 3.54. The van der Waals surface area contributed by atoms with Crippen molar-refractivity contribution in [1.29, 1.82) is 0 Å². The third kappa shape index (κ3) is 3.55. The van der Waals surface area contributed by atoms with Gasteiger partial charge in [-0.15, -0.1) is 0 Å². The highest BCUT2D eigenvalue weighted by atomic mass is 35.5. The minimum atomic E-state index is -0.258. The van der Waals surface area contributed by atoms with E-state index in [0.717, 1.165) is 52.9 Å². The van der Waals surface area contributed by atoms with Gasteiger partial charge in [0.25, 0.3) is 0 Å². The summed E-state index contributed by atoms with van der Waals surface area (Å²) < 4.78 is 15.4. The molecule has 0 bridgehead atoms. The van der Waals surface area contributed by atoms with E-state index in [-0.39, 0.29) is 5.82 Å². The van der Waals surface area contributed by atoms with Crippen LogP contribution in [0.2, 0.25) is 5.02 Å². The fraction of sp³-hybridized carbons (Fsp3) is 0.208. The van der Waals surface area contributed by atoms with Crippen LogP contribution in [0, 0.1) is 12.7 Å². The van der Waals surface area contributed by atoms with Crippen LogP contribution in [0.3, 0.4) is 0 Å². The van der Waals surface area contributed by atoms with Crippen LogP contribution in [-0.4, -0.2) is 9.61 Å². The first kappa shape index (κ1) is 18.7. The van der Waals surface area contributed by atoms with Crippen molar-refractivity contribution in [2.24, 2.45) is 0 Å². The van der Waals surface area contributed by atoms with Crippen LogP contribution in [0.5, 0.6) is 0 Å². The van der Waals surface area contributed by atoms with Gasteiger partial charge in [-0.3, -0.25) is 0 Å². The van der Waals surface area contributed by atoms with Gasteiger partial charge in [0, 0.05) is 16.1 Å². The topological polar surface area (TPSA) is 17.3 Å². The third-order valence-electron chi connectivity index (χ3n) is 5.02. The summed E-state index contributed by atoms with van der Waals surface area (Å²) in [6, 6.07) is 18.8. The van der Waals surface area contributed by atoms with Crippen molar-refractivity contribution in [3.8, 4) is 22.4 Å². The molecule has 0 unspecified atom stereocenters. The number of halogens is 2. The van der Waals surface area contributed by atoms with Crippen molar-refractivity contribution >= 4 is 17.1 Å². The number of benzene rings is 2. The number of aryl methyl sites for hydroxylation is 2. The first-order valence-electron chi connectivity index (χ1n) is 9.61. The zero-order chi connectivity index (χ0) is 19.7. The maximum atomic E-state index is 13.4. The first-order valence-corrected chi connectivity index (χ1v) is 9.98. The molecule has 2 aromatic carbocycles. The lowest BCUT2D eigenvalue weighted by Gasteiger charge is -2.08. The maximum Gasteiger partial charge on any atom is 0.123 e. The summed E-state index contributed by atoms with van der Waals surface area (Å²) in [5, 5.41) is 5.59. The van der Waals surface area contributed by atoms with Crippen LogP contribution >= 0.6 is 11.6 Å². The molecule has 2 heterocycles. The van der Waals surface area contributed by atoms with E-state index in [2.05, 4.69) is 38.1 Å². The standard InChI is InChI=1S/C24H22ClFN2/c1-3-4-5-21-24(18-8-6-16(2)7-9-18)23-15-19(25)14-22(28(23)27-21)17-10-12-20(26)13-11-17/h6-15H,3-5H2,1-2H3. The Morgan fingerprint density at radius 2 is 1.64 bits per heavy atom. The Bertz CT molecular complexity index is 1110. The number of fused-ring (bicyclic) bond motifs is 1. The highest BCUT2D eigenvalue weighted by molar-refractivity contribution is 6.31. The molecule has 4 rings (SSSR count). The molecule has 0 spiro atoms.